The fourth-order valence-corrected chi connectivity index (χ4v) is 4.30. The van der Waals surface area contributed by atoms with Gasteiger partial charge in [0.15, 0.2) is 0 Å². The van der Waals surface area contributed by atoms with Crippen LogP contribution in [0.1, 0.15) is 44.6 Å². The third kappa shape index (κ3) is 4.29. The number of nitrogens with one attached hydrogen (secondary N) is 1. The van der Waals surface area contributed by atoms with Crippen LogP contribution in [0.25, 0.3) is 0 Å². The topological polar surface area (TPSA) is 12.0 Å². The molecule has 100 valence electrons. The van der Waals surface area contributed by atoms with Crippen molar-refractivity contribution in [2.75, 3.05) is 6.54 Å². The van der Waals surface area contributed by atoms with Crippen molar-refractivity contribution in [1.29, 1.82) is 0 Å². The highest BCUT2D eigenvalue weighted by Crippen LogP contribution is 2.37. The second-order valence-electron chi connectivity index (χ2n) is 4.95. The van der Waals surface area contributed by atoms with E-state index >= 15 is 0 Å². The molecule has 1 aromatic carbocycles. The Kier molecular flexibility index (Phi) is 6.06. The second kappa shape index (κ2) is 7.56. The van der Waals surface area contributed by atoms with E-state index in [1.165, 1.54) is 47.0 Å². The van der Waals surface area contributed by atoms with Crippen molar-refractivity contribution in [3.8, 4) is 0 Å². The number of halogens is 1. The molecular formula is C15H22BrNS. The average Bonchev–Trinajstić information content (AvgIpc) is 2.85. The summed E-state index contributed by atoms with van der Waals surface area (Å²) in [6.45, 7) is 4.31. The quantitative estimate of drug-likeness (QED) is 0.739. The van der Waals surface area contributed by atoms with E-state index in [0.29, 0.717) is 0 Å². The van der Waals surface area contributed by atoms with Crippen molar-refractivity contribution in [3.63, 3.8) is 0 Å². The van der Waals surface area contributed by atoms with Gasteiger partial charge in [-0.25, -0.2) is 0 Å². The maximum Gasteiger partial charge on any atom is 0.0216 e. The summed E-state index contributed by atoms with van der Waals surface area (Å²) in [6.07, 6.45) is 6.80. The Balaban J connectivity index is 2.02. The summed E-state index contributed by atoms with van der Waals surface area (Å²) in [6, 6.07) is 6.69. The van der Waals surface area contributed by atoms with Crippen molar-refractivity contribution in [1.82, 2.24) is 5.32 Å². The van der Waals surface area contributed by atoms with Gasteiger partial charge in [-0.15, -0.1) is 11.8 Å². The molecule has 0 amide bonds. The molecule has 0 aromatic heterocycles. The Hall–Kier alpha value is 0.01000. The summed E-state index contributed by atoms with van der Waals surface area (Å²) in [5.41, 5.74) is 1.45. The Bertz CT molecular complexity index is 375. The predicted molar refractivity (Wildman–Crippen MR) is 84.3 cm³/mol. The molecule has 1 saturated carbocycles. The van der Waals surface area contributed by atoms with Gasteiger partial charge in [0.2, 0.25) is 0 Å². The van der Waals surface area contributed by atoms with Gasteiger partial charge in [0.25, 0.3) is 0 Å². The van der Waals surface area contributed by atoms with Crippen LogP contribution >= 0.6 is 27.7 Å². The van der Waals surface area contributed by atoms with Gasteiger partial charge in [0.1, 0.15) is 0 Å². The van der Waals surface area contributed by atoms with Crippen LogP contribution in [-0.2, 0) is 6.54 Å². The fraction of sp³-hybridized carbons (Fsp3) is 0.600. The van der Waals surface area contributed by atoms with E-state index in [4.69, 9.17) is 0 Å². The Morgan fingerprint density at radius 1 is 1.33 bits per heavy atom. The van der Waals surface area contributed by atoms with Crippen LogP contribution in [-0.4, -0.2) is 11.8 Å². The summed E-state index contributed by atoms with van der Waals surface area (Å²) in [7, 11) is 0. The lowest BCUT2D eigenvalue weighted by Gasteiger charge is -2.14. The first kappa shape index (κ1) is 14.4. The van der Waals surface area contributed by atoms with Gasteiger partial charge in [-0.05, 0) is 43.5 Å². The molecule has 1 nitrogen and oxygen atoms in total. The Labute approximate surface area is 123 Å². The van der Waals surface area contributed by atoms with Crippen LogP contribution in [0.15, 0.2) is 27.6 Å². The first-order chi connectivity index (χ1) is 8.79. The SMILES string of the molecule is CCCNCc1ccc(Br)cc1SC1CCCC1. The lowest BCUT2D eigenvalue weighted by Crippen LogP contribution is -2.14. The molecule has 0 aliphatic heterocycles. The van der Waals surface area contributed by atoms with Crippen LogP contribution in [0.4, 0.5) is 0 Å². The van der Waals surface area contributed by atoms with Gasteiger partial charge < -0.3 is 5.32 Å². The molecule has 0 radical (unpaired) electrons. The highest BCUT2D eigenvalue weighted by atomic mass is 79.9. The molecule has 3 heteroatoms. The molecule has 0 unspecified atom stereocenters. The van der Waals surface area contributed by atoms with Gasteiger partial charge in [0, 0.05) is 21.2 Å². The largest absolute Gasteiger partial charge is 0.313 e. The first-order valence-electron chi connectivity index (χ1n) is 6.95. The molecule has 1 fully saturated rings. The van der Waals surface area contributed by atoms with Crippen molar-refractivity contribution in [3.05, 3.63) is 28.2 Å². The molecular weight excluding hydrogens is 306 g/mol. The number of rotatable bonds is 6. The zero-order chi connectivity index (χ0) is 12.8. The van der Waals surface area contributed by atoms with E-state index in [9.17, 15) is 0 Å². The molecule has 0 bridgehead atoms. The minimum Gasteiger partial charge on any atom is -0.313 e. The average molecular weight is 328 g/mol. The minimum atomic E-state index is 0.837. The van der Waals surface area contributed by atoms with E-state index < -0.39 is 0 Å². The summed E-state index contributed by atoms with van der Waals surface area (Å²) >= 11 is 5.67. The summed E-state index contributed by atoms with van der Waals surface area (Å²) < 4.78 is 1.20. The van der Waals surface area contributed by atoms with Crippen molar-refractivity contribution in [2.45, 2.75) is 55.7 Å². The standard InChI is InChI=1S/C15H22BrNS/c1-2-9-17-11-12-7-8-13(16)10-15(12)18-14-5-3-4-6-14/h7-8,10,14,17H,2-6,9,11H2,1H3. The van der Waals surface area contributed by atoms with Crippen LogP contribution in [0, 0.1) is 0 Å². The molecule has 0 heterocycles. The lowest BCUT2D eigenvalue weighted by molar-refractivity contribution is 0.669. The van der Waals surface area contributed by atoms with Gasteiger partial charge >= 0.3 is 0 Å². The third-order valence-corrected chi connectivity index (χ3v) is 5.30. The van der Waals surface area contributed by atoms with E-state index in [1.807, 2.05) is 0 Å². The maximum absolute atomic E-state index is 3.59. The molecule has 1 N–H and O–H groups in total. The van der Waals surface area contributed by atoms with E-state index in [-0.39, 0.29) is 0 Å². The van der Waals surface area contributed by atoms with Crippen LogP contribution < -0.4 is 5.32 Å². The molecule has 0 saturated heterocycles. The maximum atomic E-state index is 3.59. The smallest absolute Gasteiger partial charge is 0.0216 e. The molecule has 0 spiro atoms. The summed E-state index contributed by atoms with van der Waals surface area (Å²) in [5, 5.41) is 4.34. The fourth-order valence-electron chi connectivity index (χ4n) is 2.37. The van der Waals surface area contributed by atoms with Gasteiger partial charge in [-0.1, -0.05) is 41.8 Å². The van der Waals surface area contributed by atoms with Crippen LogP contribution in [0.3, 0.4) is 0 Å². The molecule has 1 aromatic rings. The lowest BCUT2D eigenvalue weighted by atomic mass is 10.2. The van der Waals surface area contributed by atoms with E-state index in [1.54, 1.807) is 0 Å². The molecule has 18 heavy (non-hydrogen) atoms. The molecule has 1 aliphatic rings. The second-order valence-corrected chi connectivity index (χ2v) is 7.21. The van der Waals surface area contributed by atoms with Crippen LogP contribution in [0.2, 0.25) is 0 Å². The van der Waals surface area contributed by atoms with Crippen molar-refractivity contribution in [2.24, 2.45) is 0 Å². The van der Waals surface area contributed by atoms with Crippen LogP contribution in [0.5, 0.6) is 0 Å². The third-order valence-electron chi connectivity index (χ3n) is 3.37. The molecule has 1 aliphatic carbocycles. The Morgan fingerprint density at radius 2 is 2.11 bits per heavy atom. The highest BCUT2D eigenvalue weighted by Gasteiger charge is 2.17. The zero-order valence-corrected chi connectivity index (χ0v) is 13.4. The zero-order valence-electron chi connectivity index (χ0n) is 11.0. The monoisotopic (exact) mass is 327 g/mol. The Morgan fingerprint density at radius 3 is 2.83 bits per heavy atom. The number of benzene rings is 1. The number of hydrogen-bond donors (Lipinski definition) is 1. The van der Waals surface area contributed by atoms with Gasteiger partial charge in [-0.2, -0.15) is 0 Å². The first-order valence-corrected chi connectivity index (χ1v) is 8.62. The van der Waals surface area contributed by atoms with Crippen molar-refractivity contribution < 1.29 is 0 Å². The van der Waals surface area contributed by atoms with Gasteiger partial charge in [-0.3, -0.25) is 0 Å². The molecule has 0 atom stereocenters. The highest BCUT2D eigenvalue weighted by molar-refractivity contribution is 9.10. The van der Waals surface area contributed by atoms with Crippen molar-refractivity contribution >= 4 is 27.7 Å². The predicted octanol–water partition coefficient (Wildman–Crippen LogP) is 4.98. The van der Waals surface area contributed by atoms with E-state index in [0.717, 1.165) is 18.3 Å². The summed E-state index contributed by atoms with van der Waals surface area (Å²) in [4.78, 5) is 1.46. The normalized spacial score (nSPS) is 16.3. The number of thioether (sulfide) groups is 1. The number of hydrogen-bond acceptors (Lipinski definition) is 2. The molecule has 2 rings (SSSR count). The van der Waals surface area contributed by atoms with E-state index in [2.05, 4.69) is 58.1 Å². The van der Waals surface area contributed by atoms with Gasteiger partial charge in [0.05, 0.1) is 0 Å². The summed E-state index contributed by atoms with van der Waals surface area (Å²) in [5.74, 6) is 0. The minimum absolute atomic E-state index is 0.837.